The molecule has 0 saturated carbocycles. The number of hydrogen-bond acceptors (Lipinski definition) is 2. The van der Waals surface area contributed by atoms with Crippen LogP contribution < -0.4 is 0 Å². The van der Waals surface area contributed by atoms with Crippen molar-refractivity contribution >= 4 is 5.78 Å². The highest BCUT2D eigenvalue weighted by molar-refractivity contribution is 6.04. The van der Waals surface area contributed by atoms with Gasteiger partial charge in [0.05, 0.1) is 0 Å². The Bertz CT molecular complexity index is 517. The zero-order chi connectivity index (χ0) is 11.4. The number of carbonyl (C=O) groups excluding carboxylic acids is 1. The lowest BCUT2D eigenvalue weighted by Crippen LogP contribution is -1.93. The van der Waals surface area contributed by atoms with Crippen molar-refractivity contribution in [2.45, 2.75) is 0 Å². The van der Waals surface area contributed by atoms with Crippen molar-refractivity contribution in [3.8, 4) is 11.1 Å². The van der Waals surface area contributed by atoms with Crippen LogP contribution in [0.2, 0.25) is 0 Å². The topological polar surface area (TPSA) is 30.0 Å². The summed E-state index contributed by atoms with van der Waals surface area (Å²) < 4.78 is 0. The molecule has 0 bridgehead atoms. The summed E-state index contributed by atoms with van der Waals surface area (Å²) in [7, 11) is 0. The van der Waals surface area contributed by atoms with E-state index in [9.17, 15) is 4.79 Å². The van der Waals surface area contributed by atoms with E-state index in [1.54, 1.807) is 18.5 Å². The fraction of sp³-hybridized carbons (Fsp3) is 0. The van der Waals surface area contributed by atoms with Crippen molar-refractivity contribution in [2.75, 3.05) is 0 Å². The summed E-state index contributed by atoms with van der Waals surface area (Å²) in [5.74, 6) is -0.0641. The molecule has 2 rings (SSSR count). The molecule has 0 amide bonds. The molecule has 1 heterocycles. The van der Waals surface area contributed by atoms with Gasteiger partial charge in [0.15, 0.2) is 5.78 Å². The number of carbonyl (C=O) groups is 1. The highest BCUT2D eigenvalue weighted by Crippen LogP contribution is 2.19. The highest BCUT2D eigenvalue weighted by atomic mass is 16.1. The number of allylic oxidation sites excluding steroid dienone is 1. The molecule has 0 N–H and O–H groups in total. The first-order valence-electron chi connectivity index (χ1n) is 4.98. The Balaban J connectivity index is 2.44. The van der Waals surface area contributed by atoms with Crippen LogP contribution in [0.4, 0.5) is 0 Å². The van der Waals surface area contributed by atoms with Crippen LogP contribution in [0.15, 0.2) is 61.4 Å². The molecule has 0 fully saturated rings. The van der Waals surface area contributed by atoms with Crippen molar-refractivity contribution in [3.63, 3.8) is 0 Å². The second-order valence-electron chi connectivity index (χ2n) is 3.39. The number of ketones is 1. The molecule has 0 radical (unpaired) electrons. The predicted octanol–water partition coefficient (Wildman–Crippen LogP) is 3.12. The molecule has 0 saturated heterocycles. The van der Waals surface area contributed by atoms with Crippen LogP contribution in [0.25, 0.3) is 11.1 Å². The summed E-state index contributed by atoms with van der Waals surface area (Å²) in [6.45, 7) is 3.48. The van der Waals surface area contributed by atoms with Crippen LogP contribution in [0.1, 0.15) is 10.4 Å². The van der Waals surface area contributed by atoms with Crippen molar-refractivity contribution in [2.24, 2.45) is 0 Å². The van der Waals surface area contributed by atoms with Gasteiger partial charge in [-0.15, -0.1) is 0 Å². The van der Waals surface area contributed by atoms with Gasteiger partial charge in [0, 0.05) is 23.5 Å². The molecular formula is C14H11NO. The van der Waals surface area contributed by atoms with E-state index >= 15 is 0 Å². The van der Waals surface area contributed by atoms with Crippen LogP contribution in [0.5, 0.6) is 0 Å². The van der Waals surface area contributed by atoms with Crippen LogP contribution in [0.3, 0.4) is 0 Å². The second-order valence-corrected chi connectivity index (χ2v) is 3.39. The van der Waals surface area contributed by atoms with Gasteiger partial charge in [-0.05, 0) is 23.8 Å². The maximum atomic E-state index is 11.5. The molecule has 2 aromatic rings. The van der Waals surface area contributed by atoms with Crippen molar-refractivity contribution in [1.82, 2.24) is 4.98 Å². The number of hydrogen-bond donors (Lipinski definition) is 0. The standard InChI is InChI=1S/C14H11NO/c1-2-14(16)12-6-3-5-11(9-12)13-7-4-8-15-10-13/h2-10H,1H2. The average molecular weight is 209 g/mol. The molecular weight excluding hydrogens is 198 g/mol. The summed E-state index contributed by atoms with van der Waals surface area (Å²) in [6.07, 6.45) is 4.82. The number of benzene rings is 1. The van der Waals surface area contributed by atoms with Gasteiger partial charge in [-0.1, -0.05) is 30.8 Å². The molecule has 1 aromatic heterocycles. The minimum absolute atomic E-state index is 0.0641. The summed E-state index contributed by atoms with van der Waals surface area (Å²) >= 11 is 0. The zero-order valence-corrected chi connectivity index (χ0v) is 8.76. The average Bonchev–Trinajstić information content (AvgIpc) is 2.39. The quantitative estimate of drug-likeness (QED) is 0.574. The Labute approximate surface area is 94.3 Å². The largest absolute Gasteiger partial charge is 0.289 e. The number of pyridine rings is 1. The maximum Gasteiger partial charge on any atom is 0.185 e. The van der Waals surface area contributed by atoms with Gasteiger partial charge in [0.1, 0.15) is 0 Å². The lowest BCUT2D eigenvalue weighted by molar-refractivity contribution is 0.104. The van der Waals surface area contributed by atoms with Gasteiger partial charge < -0.3 is 0 Å². The SMILES string of the molecule is C=CC(=O)c1cccc(-c2cccnc2)c1. The molecule has 0 aliphatic heterocycles. The van der Waals surface area contributed by atoms with Crippen LogP contribution in [0, 0.1) is 0 Å². The lowest BCUT2D eigenvalue weighted by atomic mass is 10.0. The first kappa shape index (κ1) is 10.3. The van der Waals surface area contributed by atoms with Crippen molar-refractivity contribution in [3.05, 3.63) is 67.0 Å². The summed E-state index contributed by atoms with van der Waals surface area (Å²) in [5.41, 5.74) is 2.64. The fourth-order valence-electron chi connectivity index (χ4n) is 1.50. The summed E-state index contributed by atoms with van der Waals surface area (Å²) in [5, 5.41) is 0. The summed E-state index contributed by atoms with van der Waals surface area (Å²) in [4.78, 5) is 15.5. The minimum atomic E-state index is -0.0641. The Morgan fingerprint density at radius 1 is 1.19 bits per heavy atom. The van der Waals surface area contributed by atoms with E-state index in [0.717, 1.165) is 11.1 Å². The molecule has 0 atom stereocenters. The molecule has 0 aliphatic rings. The molecule has 1 aromatic carbocycles. The predicted molar refractivity (Wildman–Crippen MR) is 64.2 cm³/mol. The van der Waals surface area contributed by atoms with Gasteiger partial charge >= 0.3 is 0 Å². The van der Waals surface area contributed by atoms with Gasteiger partial charge in [-0.2, -0.15) is 0 Å². The number of aromatic nitrogens is 1. The first-order chi connectivity index (χ1) is 7.81. The van der Waals surface area contributed by atoms with Crippen molar-refractivity contribution < 1.29 is 4.79 Å². The Morgan fingerprint density at radius 3 is 2.69 bits per heavy atom. The van der Waals surface area contributed by atoms with Gasteiger partial charge in [0.2, 0.25) is 0 Å². The molecule has 2 nitrogen and oxygen atoms in total. The summed E-state index contributed by atoms with van der Waals surface area (Å²) in [6, 6.07) is 11.3. The van der Waals surface area contributed by atoms with E-state index in [-0.39, 0.29) is 5.78 Å². The minimum Gasteiger partial charge on any atom is -0.289 e. The Hall–Kier alpha value is -2.22. The van der Waals surface area contributed by atoms with E-state index in [2.05, 4.69) is 11.6 Å². The van der Waals surface area contributed by atoms with Crippen molar-refractivity contribution in [1.29, 1.82) is 0 Å². The number of rotatable bonds is 3. The van der Waals surface area contributed by atoms with Gasteiger partial charge in [-0.25, -0.2) is 0 Å². The third kappa shape index (κ3) is 2.06. The van der Waals surface area contributed by atoms with E-state index in [1.807, 2.05) is 30.3 Å². The number of nitrogens with zero attached hydrogens (tertiary/aromatic N) is 1. The third-order valence-corrected chi connectivity index (χ3v) is 2.33. The van der Waals surface area contributed by atoms with Crippen LogP contribution in [-0.4, -0.2) is 10.8 Å². The van der Waals surface area contributed by atoms with Gasteiger partial charge in [-0.3, -0.25) is 9.78 Å². The monoisotopic (exact) mass is 209 g/mol. The lowest BCUT2D eigenvalue weighted by Gasteiger charge is -2.02. The first-order valence-corrected chi connectivity index (χ1v) is 4.98. The van der Waals surface area contributed by atoms with E-state index < -0.39 is 0 Å². The third-order valence-electron chi connectivity index (χ3n) is 2.33. The van der Waals surface area contributed by atoms with Crippen LogP contribution >= 0.6 is 0 Å². The maximum absolute atomic E-state index is 11.5. The molecule has 78 valence electrons. The second kappa shape index (κ2) is 4.53. The molecule has 16 heavy (non-hydrogen) atoms. The molecule has 0 aliphatic carbocycles. The highest BCUT2D eigenvalue weighted by Gasteiger charge is 2.03. The van der Waals surface area contributed by atoms with Crippen LogP contribution in [-0.2, 0) is 0 Å². The molecule has 0 unspecified atom stereocenters. The molecule has 2 heteroatoms. The van der Waals surface area contributed by atoms with E-state index in [0.29, 0.717) is 5.56 Å². The van der Waals surface area contributed by atoms with Gasteiger partial charge in [0.25, 0.3) is 0 Å². The Morgan fingerprint density at radius 2 is 2.00 bits per heavy atom. The smallest absolute Gasteiger partial charge is 0.185 e. The zero-order valence-electron chi connectivity index (χ0n) is 8.76. The Kier molecular flexibility index (Phi) is 2.92. The molecule has 0 spiro atoms. The van der Waals surface area contributed by atoms with E-state index in [1.165, 1.54) is 6.08 Å². The fourth-order valence-corrected chi connectivity index (χ4v) is 1.50. The van der Waals surface area contributed by atoms with E-state index in [4.69, 9.17) is 0 Å². The normalized spacial score (nSPS) is 9.75.